The number of carbonyl (C=O) groups excluding carboxylic acids is 1. The number of amides is 1. The number of benzene rings is 2. The van der Waals surface area contributed by atoms with Crippen molar-refractivity contribution in [2.24, 2.45) is 0 Å². The fourth-order valence-electron chi connectivity index (χ4n) is 3.26. The predicted octanol–water partition coefficient (Wildman–Crippen LogP) is 4.22. The number of nitrogens with zero attached hydrogens (tertiary/aromatic N) is 4. The summed E-state index contributed by atoms with van der Waals surface area (Å²) in [5.41, 5.74) is 3.30. The van der Waals surface area contributed by atoms with Gasteiger partial charge in [0, 0.05) is 17.8 Å². The van der Waals surface area contributed by atoms with Crippen LogP contribution in [0.15, 0.2) is 61.1 Å². The van der Waals surface area contributed by atoms with Crippen LogP contribution in [0.5, 0.6) is 0 Å². The molecule has 1 aliphatic rings. The van der Waals surface area contributed by atoms with Crippen LogP contribution in [0.2, 0.25) is 5.02 Å². The van der Waals surface area contributed by atoms with Crippen LogP contribution >= 0.6 is 11.6 Å². The summed E-state index contributed by atoms with van der Waals surface area (Å²) >= 11 is 5.95. The monoisotopic (exact) mass is 362 g/mol. The first-order valence-electron chi connectivity index (χ1n) is 8.17. The van der Waals surface area contributed by atoms with E-state index in [1.807, 2.05) is 45.9 Å². The number of fused-ring (bicyclic) bond motifs is 1. The molecule has 0 fully saturated rings. The molecule has 1 aromatic heterocycles. The van der Waals surface area contributed by atoms with E-state index < -0.39 is 6.04 Å². The molecule has 0 spiro atoms. The number of halogens is 1. The lowest BCUT2D eigenvalue weighted by Gasteiger charge is -2.34. The van der Waals surface area contributed by atoms with E-state index in [0.717, 1.165) is 16.8 Å². The average Bonchev–Trinajstić information content (AvgIpc) is 3.12. The van der Waals surface area contributed by atoms with Gasteiger partial charge in [-0.05, 0) is 23.3 Å². The summed E-state index contributed by atoms with van der Waals surface area (Å²) < 4.78 is 1.89. The molecule has 0 radical (unpaired) electrons. The van der Waals surface area contributed by atoms with E-state index in [2.05, 4.69) is 9.83 Å². The molecule has 1 aliphatic heterocycles. The van der Waals surface area contributed by atoms with Crippen LogP contribution in [0.1, 0.15) is 22.9 Å². The number of rotatable bonds is 3. The number of aromatic nitrogens is 2. The molecule has 0 aliphatic carbocycles. The maximum absolute atomic E-state index is 13.2. The van der Waals surface area contributed by atoms with Crippen LogP contribution in [0.25, 0.3) is 4.85 Å². The van der Waals surface area contributed by atoms with Gasteiger partial charge in [0.2, 0.25) is 0 Å². The van der Waals surface area contributed by atoms with Gasteiger partial charge >= 0.3 is 0 Å². The van der Waals surface area contributed by atoms with Crippen LogP contribution in [-0.2, 0) is 17.9 Å². The smallest absolute Gasteiger partial charge is 0.250 e. The molecule has 1 unspecified atom stereocenters. The molecule has 1 amide bonds. The average molecular weight is 363 g/mol. The third kappa shape index (κ3) is 2.96. The van der Waals surface area contributed by atoms with Gasteiger partial charge in [-0.25, -0.2) is 9.83 Å². The SMILES string of the molecule is [C-]#[N+]c1cccc(C2C(=O)N(Cc3ccc(Cl)cc3)Cc3cncn32)c1. The molecular formula is C20H15ClN4O. The predicted molar refractivity (Wildman–Crippen MR) is 98.8 cm³/mol. The molecule has 3 aromatic rings. The second-order valence-electron chi connectivity index (χ2n) is 6.22. The minimum Gasteiger partial charge on any atom is -0.330 e. The van der Waals surface area contributed by atoms with Crippen molar-refractivity contribution in [2.75, 3.05) is 0 Å². The van der Waals surface area contributed by atoms with Crippen molar-refractivity contribution in [3.05, 3.63) is 94.3 Å². The first kappa shape index (κ1) is 16.4. The summed E-state index contributed by atoms with van der Waals surface area (Å²) in [6.07, 6.45) is 3.47. The zero-order valence-electron chi connectivity index (χ0n) is 13.8. The number of hydrogen-bond donors (Lipinski definition) is 0. The van der Waals surface area contributed by atoms with Crippen molar-refractivity contribution >= 4 is 23.2 Å². The highest BCUT2D eigenvalue weighted by Crippen LogP contribution is 2.31. The van der Waals surface area contributed by atoms with Gasteiger partial charge in [0.1, 0.15) is 6.04 Å². The summed E-state index contributed by atoms with van der Waals surface area (Å²) in [6, 6.07) is 14.2. The summed E-state index contributed by atoms with van der Waals surface area (Å²) in [4.78, 5) is 22.7. The molecular weight excluding hydrogens is 348 g/mol. The fraction of sp³-hybridized carbons (Fsp3) is 0.150. The van der Waals surface area contributed by atoms with Gasteiger partial charge in [-0.1, -0.05) is 48.0 Å². The summed E-state index contributed by atoms with van der Waals surface area (Å²) in [5, 5.41) is 0.672. The largest absolute Gasteiger partial charge is 0.330 e. The highest BCUT2D eigenvalue weighted by Gasteiger charge is 2.34. The Morgan fingerprint density at radius 1 is 1.23 bits per heavy atom. The highest BCUT2D eigenvalue weighted by atomic mass is 35.5. The topological polar surface area (TPSA) is 42.5 Å². The Morgan fingerprint density at radius 2 is 2.04 bits per heavy atom. The molecule has 2 heterocycles. The first-order valence-corrected chi connectivity index (χ1v) is 8.55. The molecule has 1 atom stereocenters. The maximum atomic E-state index is 13.2. The molecule has 0 saturated heterocycles. The summed E-state index contributed by atoms with van der Waals surface area (Å²) in [7, 11) is 0. The van der Waals surface area contributed by atoms with Crippen molar-refractivity contribution < 1.29 is 4.79 Å². The van der Waals surface area contributed by atoms with Gasteiger partial charge in [-0.3, -0.25) is 4.79 Å². The van der Waals surface area contributed by atoms with E-state index in [-0.39, 0.29) is 5.91 Å². The number of carbonyl (C=O) groups is 1. The van der Waals surface area contributed by atoms with E-state index >= 15 is 0 Å². The van der Waals surface area contributed by atoms with Gasteiger partial charge in [-0.2, -0.15) is 0 Å². The zero-order valence-corrected chi connectivity index (χ0v) is 14.6. The molecule has 0 N–H and O–H groups in total. The molecule has 2 aromatic carbocycles. The molecule has 0 saturated carbocycles. The maximum Gasteiger partial charge on any atom is 0.250 e. The molecule has 6 heteroatoms. The van der Waals surface area contributed by atoms with Crippen molar-refractivity contribution in [1.82, 2.24) is 14.5 Å². The Labute approximate surface area is 156 Å². The van der Waals surface area contributed by atoms with E-state index in [1.54, 1.807) is 24.7 Å². The lowest BCUT2D eigenvalue weighted by molar-refractivity contribution is -0.136. The Hall–Kier alpha value is -3.10. The minimum atomic E-state index is -0.504. The number of hydrogen-bond acceptors (Lipinski definition) is 2. The van der Waals surface area contributed by atoms with Crippen LogP contribution in [0.4, 0.5) is 5.69 Å². The van der Waals surface area contributed by atoms with E-state index in [4.69, 9.17) is 18.2 Å². The quantitative estimate of drug-likeness (QED) is 0.655. The Bertz CT molecular complexity index is 1000. The molecule has 0 bridgehead atoms. The third-order valence-electron chi connectivity index (χ3n) is 4.52. The number of imidazole rings is 1. The molecule has 26 heavy (non-hydrogen) atoms. The van der Waals surface area contributed by atoms with Gasteiger partial charge in [-0.15, -0.1) is 0 Å². The standard InChI is InChI=1S/C20H15ClN4O/c1-22-17-4-2-3-15(9-17)19-20(26)24(12-18-10-23-13-25(18)19)11-14-5-7-16(21)8-6-14/h2-10,13,19H,11-12H2. The summed E-state index contributed by atoms with van der Waals surface area (Å²) in [5.74, 6) is -0.00687. The second-order valence-corrected chi connectivity index (χ2v) is 6.66. The lowest BCUT2D eigenvalue weighted by atomic mass is 10.0. The van der Waals surface area contributed by atoms with Gasteiger partial charge < -0.3 is 9.47 Å². The van der Waals surface area contributed by atoms with Gasteiger partial charge in [0.15, 0.2) is 5.69 Å². The molecule has 5 nitrogen and oxygen atoms in total. The van der Waals surface area contributed by atoms with E-state index in [9.17, 15) is 4.79 Å². The zero-order chi connectivity index (χ0) is 18.1. The normalized spacial score (nSPS) is 16.2. The third-order valence-corrected chi connectivity index (χ3v) is 4.78. The van der Waals surface area contributed by atoms with Crippen LogP contribution in [0, 0.1) is 6.57 Å². The lowest BCUT2D eigenvalue weighted by Crippen LogP contribution is -2.42. The van der Waals surface area contributed by atoms with Crippen LogP contribution < -0.4 is 0 Å². The highest BCUT2D eigenvalue weighted by molar-refractivity contribution is 6.30. The fourth-order valence-corrected chi connectivity index (χ4v) is 3.39. The minimum absolute atomic E-state index is 0.00687. The van der Waals surface area contributed by atoms with Crippen LogP contribution in [0.3, 0.4) is 0 Å². The van der Waals surface area contributed by atoms with Crippen LogP contribution in [-0.4, -0.2) is 20.4 Å². The Morgan fingerprint density at radius 3 is 2.81 bits per heavy atom. The van der Waals surface area contributed by atoms with Crippen molar-refractivity contribution in [2.45, 2.75) is 19.1 Å². The van der Waals surface area contributed by atoms with Gasteiger partial charge in [0.05, 0.1) is 25.1 Å². The van der Waals surface area contributed by atoms with E-state index in [1.165, 1.54) is 0 Å². The Balaban J connectivity index is 1.71. The molecule has 128 valence electrons. The van der Waals surface area contributed by atoms with E-state index in [0.29, 0.717) is 23.8 Å². The van der Waals surface area contributed by atoms with Gasteiger partial charge in [0.25, 0.3) is 5.91 Å². The Kier molecular flexibility index (Phi) is 4.19. The van der Waals surface area contributed by atoms with Crippen molar-refractivity contribution in [3.63, 3.8) is 0 Å². The first-order chi connectivity index (χ1) is 12.7. The molecule has 4 rings (SSSR count). The van der Waals surface area contributed by atoms with Crippen molar-refractivity contribution in [3.8, 4) is 0 Å². The summed E-state index contributed by atoms with van der Waals surface area (Å²) in [6.45, 7) is 8.23. The van der Waals surface area contributed by atoms with Crippen molar-refractivity contribution in [1.29, 1.82) is 0 Å². The second kappa shape index (κ2) is 6.66.